The van der Waals surface area contributed by atoms with Gasteiger partial charge in [0.15, 0.2) is 0 Å². The van der Waals surface area contributed by atoms with Crippen molar-refractivity contribution in [2.24, 2.45) is 0 Å². The zero-order chi connectivity index (χ0) is 14.7. The van der Waals surface area contributed by atoms with Crippen LogP contribution in [0.25, 0.3) is 0 Å². The maximum absolute atomic E-state index is 12.4. The Bertz CT molecular complexity index is 637. The number of hydrogen-bond acceptors (Lipinski definition) is 1. The Labute approximate surface area is 128 Å². The summed E-state index contributed by atoms with van der Waals surface area (Å²) in [6.45, 7) is 6.01. The smallest absolute Gasteiger partial charge is 0.252 e. The fraction of sp³-hybridized carbons (Fsp3) is 0.235. The number of nitrogens with one attached hydrogen (secondary N) is 1. The molecule has 104 valence electrons. The van der Waals surface area contributed by atoms with Gasteiger partial charge < -0.3 is 5.32 Å². The van der Waals surface area contributed by atoms with Gasteiger partial charge in [-0.2, -0.15) is 0 Å². The van der Waals surface area contributed by atoms with Gasteiger partial charge in [-0.3, -0.25) is 4.79 Å². The largest absolute Gasteiger partial charge is 0.345 e. The van der Waals surface area contributed by atoms with Crippen LogP contribution in [0.4, 0.5) is 0 Å². The van der Waals surface area contributed by atoms with E-state index in [1.165, 1.54) is 5.56 Å². The average molecular weight is 332 g/mol. The van der Waals surface area contributed by atoms with Crippen LogP contribution in [0.2, 0.25) is 0 Å². The minimum atomic E-state index is -0.0421. The summed E-state index contributed by atoms with van der Waals surface area (Å²) in [6, 6.07) is 13.8. The van der Waals surface area contributed by atoms with Crippen molar-refractivity contribution in [1.29, 1.82) is 0 Å². The van der Waals surface area contributed by atoms with Gasteiger partial charge in [-0.05, 0) is 49.6 Å². The number of benzene rings is 2. The Hall–Kier alpha value is -1.61. The molecule has 0 aromatic heterocycles. The van der Waals surface area contributed by atoms with Crippen LogP contribution in [0.3, 0.4) is 0 Å². The fourth-order valence-electron chi connectivity index (χ4n) is 2.26. The molecule has 3 heteroatoms. The third-order valence-corrected chi connectivity index (χ3v) is 3.94. The topological polar surface area (TPSA) is 29.1 Å². The number of carbonyl (C=O) groups is 1. The van der Waals surface area contributed by atoms with Crippen molar-refractivity contribution in [1.82, 2.24) is 5.32 Å². The van der Waals surface area contributed by atoms with Gasteiger partial charge >= 0.3 is 0 Å². The molecule has 0 saturated heterocycles. The van der Waals surface area contributed by atoms with E-state index in [0.29, 0.717) is 5.56 Å². The molecule has 0 aliphatic rings. The first-order chi connectivity index (χ1) is 9.49. The Morgan fingerprint density at radius 1 is 1.10 bits per heavy atom. The highest BCUT2D eigenvalue weighted by molar-refractivity contribution is 9.10. The van der Waals surface area contributed by atoms with Crippen molar-refractivity contribution in [3.8, 4) is 0 Å². The lowest BCUT2D eigenvalue weighted by Gasteiger charge is -2.17. The number of rotatable bonds is 3. The molecule has 0 heterocycles. The minimum Gasteiger partial charge on any atom is -0.345 e. The predicted molar refractivity (Wildman–Crippen MR) is 85.9 cm³/mol. The molecule has 1 unspecified atom stereocenters. The summed E-state index contributed by atoms with van der Waals surface area (Å²) in [5, 5.41) is 3.06. The molecular formula is C17H18BrNO. The monoisotopic (exact) mass is 331 g/mol. The van der Waals surface area contributed by atoms with Crippen LogP contribution >= 0.6 is 15.9 Å². The van der Waals surface area contributed by atoms with E-state index in [1.807, 2.05) is 50.2 Å². The molecule has 1 N–H and O–H groups in total. The molecule has 0 fully saturated rings. The van der Waals surface area contributed by atoms with E-state index in [2.05, 4.69) is 34.2 Å². The highest BCUT2D eigenvalue weighted by Gasteiger charge is 2.14. The van der Waals surface area contributed by atoms with Gasteiger partial charge in [0.05, 0.1) is 6.04 Å². The summed E-state index contributed by atoms with van der Waals surface area (Å²) in [5.41, 5.74) is 4.02. The molecule has 2 rings (SSSR count). The maximum atomic E-state index is 12.4. The number of aryl methyl sites for hydroxylation is 2. The molecule has 2 aromatic carbocycles. The third-order valence-electron chi connectivity index (χ3n) is 3.45. The normalized spacial score (nSPS) is 12.0. The van der Waals surface area contributed by atoms with Crippen LogP contribution in [0.5, 0.6) is 0 Å². The molecule has 0 radical (unpaired) electrons. The fourth-order valence-corrected chi connectivity index (χ4v) is 2.62. The van der Waals surface area contributed by atoms with Crippen LogP contribution < -0.4 is 5.32 Å². The molecule has 0 aliphatic heterocycles. The Morgan fingerprint density at radius 3 is 2.50 bits per heavy atom. The molecule has 2 nitrogen and oxygen atoms in total. The molecule has 0 saturated carbocycles. The summed E-state index contributed by atoms with van der Waals surface area (Å²) < 4.78 is 0.914. The summed E-state index contributed by atoms with van der Waals surface area (Å²) in [7, 11) is 0. The second-order valence-corrected chi connectivity index (χ2v) is 5.93. The molecule has 2 aromatic rings. The maximum Gasteiger partial charge on any atom is 0.252 e. The van der Waals surface area contributed by atoms with E-state index >= 15 is 0 Å². The zero-order valence-corrected chi connectivity index (χ0v) is 13.5. The summed E-state index contributed by atoms with van der Waals surface area (Å²) in [5.74, 6) is -0.0421. The molecule has 0 bridgehead atoms. The Kier molecular flexibility index (Phi) is 4.61. The molecule has 0 aliphatic carbocycles. The van der Waals surface area contributed by atoms with Gasteiger partial charge in [-0.15, -0.1) is 0 Å². The van der Waals surface area contributed by atoms with Crippen molar-refractivity contribution < 1.29 is 4.79 Å². The van der Waals surface area contributed by atoms with E-state index in [0.717, 1.165) is 15.6 Å². The van der Waals surface area contributed by atoms with E-state index in [4.69, 9.17) is 0 Å². The molecule has 1 atom stereocenters. The molecule has 0 spiro atoms. The second kappa shape index (κ2) is 6.23. The average Bonchev–Trinajstić information content (AvgIpc) is 2.41. The van der Waals surface area contributed by atoms with E-state index < -0.39 is 0 Å². The van der Waals surface area contributed by atoms with Crippen LogP contribution in [0.1, 0.15) is 40.0 Å². The molecule has 20 heavy (non-hydrogen) atoms. The molecule has 1 amide bonds. The minimum absolute atomic E-state index is 0.0120. The SMILES string of the molecule is Cc1ccc(Br)cc1C(=O)NC(C)c1ccccc1C. The Morgan fingerprint density at radius 2 is 1.80 bits per heavy atom. The number of hydrogen-bond donors (Lipinski definition) is 1. The van der Waals surface area contributed by atoms with Gasteiger partial charge in [-0.25, -0.2) is 0 Å². The van der Waals surface area contributed by atoms with Crippen molar-refractivity contribution in [3.63, 3.8) is 0 Å². The van der Waals surface area contributed by atoms with E-state index in [-0.39, 0.29) is 11.9 Å². The van der Waals surface area contributed by atoms with E-state index in [9.17, 15) is 4.79 Å². The first-order valence-electron chi connectivity index (χ1n) is 6.61. The zero-order valence-electron chi connectivity index (χ0n) is 11.9. The van der Waals surface area contributed by atoms with Crippen molar-refractivity contribution >= 4 is 21.8 Å². The molecular weight excluding hydrogens is 314 g/mol. The standard InChI is InChI=1S/C17H18BrNO/c1-11-6-4-5-7-15(11)13(3)19-17(20)16-10-14(18)9-8-12(16)2/h4-10,13H,1-3H3,(H,19,20). The second-order valence-electron chi connectivity index (χ2n) is 5.01. The number of carbonyl (C=O) groups excluding carboxylic acids is 1. The van der Waals surface area contributed by atoms with E-state index in [1.54, 1.807) is 0 Å². The van der Waals surface area contributed by atoms with Gasteiger partial charge in [0.2, 0.25) is 0 Å². The van der Waals surface area contributed by atoms with Crippen molar-refractivity contribution in [2.45, 2.75) is 26.8 Å². The third kappa shape index (κ3) is 3.28. The van der Waals surface area contributed by atoms with Crippen molar-refractivity contribution in [2.75, 3.05) is 0 Å². The first-order valence-corrected chi connectivity index (χ1v) is 7.41. The van der Waals surface area contributed by atoms with Crippen molar-refractivity contribution in [3.05, 3.63) is 69.2 Å². The predicted octanol–water partition coefficient (Wildman–Crippen LogP) is 4.56. The number of amides is 1. The highest BCUT2D eigenvalue weighted by atomic mass is 79.9. The summed E-state index contributed by atoms with van der Waals surface area (Å²) >= 11 is 3.41. The lowest BCUT2D eigenvalue weighted by Crippen LogP contribution is -2.27. The van der Waals surface area contributed by atoms with Gasteiger partial charge in [-0.1, -0.05) is 46.3 Å². The first kappa shape index (κ1) is 14.8. The van der Waals surface area contributed by atoms with Crippen LogP contribution in [-0.2, 0) is 0 Å². The highest BCUT2D eigenvalue weighted by Crippen LogP contribution is 2.20. The van der Waals surface area contributed by atoms with Crippen LogP contribution in [0, 0.1) is 13.8 Å². The van der Waals surface area contributed by atoms with Gasteiger partial charge in [0, 0.05) is 10.0 Å². The lowest BCUT2D eigenvalue weighted by atomic mass is 10.0. The lowest BCUT2D eigenvalue weighted by molar-refractivity contribution is 0.0939. The quantitative estimate of drug-likeness (QED) is 0.877. The number of halogens is 1. The van der Waals surface area contributed by atoms with Gasteiger partial charge in [0.25, 0.3) is 5.91 Å². The Balaban J connectivity index is 2.20. The van der Waals surface area contributed by atoms with Gasteiger partial charge in [0.1, 0.15) is 0 Å². The summed E-state index contributed by atoms with van der Waals surface area (Å²) in [4.78, 5) is 12.4. The van der Waals surface area contributed by atoms with Crippen LogP contribution in [0.15, 0.2) is 46.9 Å². The van der Waals surface area contributed by atoms with Crippen LogP contribution in [-0.4, -0.2) is 5.91 Å². The summed E-state index contributed by atoms with van der Waals surface area (Å²) in [6.07, 6.45) is 0.